The van der Waals surface area contributed by atoms with Gasteiger partial charge in [-0.25, -0.2) is 14.4 Å². The number of hydrogen-bond donors (Lipinski definition) is 1. The second-order valence-corrected chi connectivity index (χ2v) is 5.33. The summed E-state index contributed by atoms with van der Waals surface area (Å²) in [7, 11) is 0. The Morgan fingerprint density at radius 3 is 2.29 bits per heavy atom. The topological polar surface area (TPSA) is 41.1 Å². The van der Waals surface area contributed by atoms with Crippen molar-refractivity contribution in [1.82, 2.24) is 15.3 Å². The third-order valence-electron chi connectivity index (χ3n) is 3.93. The molecule has 0 aliphatic carbocycles. The summed E-state index contributed by atoms with van der Waals surface area (Å²) in [5, 5.41) is 3.31. The molecule has 1 aliphatic rings. The van der Waals surface area contributed by atoms with E-state index in [1.165, 1.54) is 12.1 Å². The lowest BCUT2D eigenvalue weighted by molar-refractivity contribution is 0.579. The summed E-state index contributed by atoms with van der Waals surface area (Å²) < 4.78 is 13.0. The van der Waals surface area contributed by atoms with Crippen LogP contribution >= 0.6 is 0 Å². The van der Waals surface area contributed by atoms with Gasteiger partial charge in [0, 0.05) is 44.5 Å². The fourth-order valence-electron chi connectivity index (χ4n) is 2.53. The number of halogens is 1. The molecule has 0 spiro atoms. The van der Waals surface area contributed by atoms with Crippen LogP contribution in [0.4, 0.5) is 10.3 Å². The number of piperazine rings is 1. The van der Waals surface area contributed by atoms with Crippen LogP contribution in [0.1, 0.15) is 24.0 Å². The Labute approximate surface area is 124 Å². The highest BCUT2D eigenvalue weighted by molar-refractivity contribution is 5.34. The van der Waals surface area contributed by atoms with Crippen molar-refractivity contribution in [2.75, 3.05) is 31.1 Å². The lowest BCUT2D eigenvalue weighted by atomic mass is 9.95. The highest BCUT2D eigenvalue weighted by atomic mass is 19.1. The van der Waals surface area contributed by atoms with E-state index in [2.05, 4.69) is 27.1 Å². The number of nitrogens with zero attached hydrogens (tertiary/aromatic N) is 3. The quantitative estimate of drug-likeness (QED) is 0.939. The molecule has 2 heterocycles. The Morgan fingerprint density at radius 2 is 1.67 bits per heavy atom. The van der Waals surface area contributed by atoms with Crippen molar-refractivity contribution < 1.29 is 4.39 Å². The van der Waals surface area contributed by atoms with Gasteiger partial charge >= 0.3 is 0 Å². The zero-order valence-electron chi connectivity index (χ0n) is 12.1. The van der Waals surface area contributed by atoms with Gasteiger partial charge in [-0.05, 0) is 23.3 Å². The van der Waals surface area contributed by atoms with Crippen molar-refractivity contribution in [3.05, 3.63) is 53.6 Å². The smallest absolute Gasteiger partial charge is 0.225 e. The first kappa shape index (κ1) is 13.9. The molecule has 0 bridgehead atoms. The molecule has 21 heavy (non-hydrogen) atoms. The fraction of sp³-hybridized carbons (Fsp3) is 0.375. The summed E-state index contributed by atoms with van der Waals surface area (Å²) in [6.45, 7) is 5.89. The van der Waals surface area contributed by atoms with E-state index in [4.69, 9.17) is 0 Å². The lowest BCUT2D eigenvalue weighted by Gasteiger charge is -2.27. The van der Waals surface area contributed by atoms with E-state index in [1.807, 2.05) is 24.5 Å². The molecule has 2 aromatic rings. The molecule has 1 aromatic heterocycles. The van der Waals surface area contributed by atoms with E-state index in [0.717, 1.165) is 43.3 Å². The molecule has 1 N–H and O–H groups in total. The maximum absolute atomic E-state index is 13.0. The molecule has 1 aromatic carbocycles. The van der Waals surface area contributed by atoms with Gasteiger partial charge in [0.2, 0.25) is 5.95 Å². The van der Waals surface area contributed by atoms with Crippen LogP contribution in [0.15, 0.2) is 36.7 Å². The number of rotatable bonds is 3. The van der Waals surface area contributed by atoms with Crippen LogP contribution in [0.2, 0.25) is 0 Å². The molecule has 4 nitrogen and oxygen atoms in total. The minimum atomic E-state index is -0.212. The number of benzene rings is 1. The normalized spacial score (nSPS) is 16.8. The predicted octanol–water partition coefficient (Wildman–Crippen LogP) is 2.18. The van der Waals surface area contributed by atoms with Crippen LogP contribution in [-0.2, 0) is 0 Å². The molecule has 1 fully saturated rings. The summed E-state index contributed by atoms with van der Waals surface area (Å²) in [6.07, 6.45) is 3.75. The molecular formula is C16H19FN4. The van der Waals surface area contributed by atoms with Gasteiger partial charge in [-0.3, -0.25) is 0 Å². The van der Waals surface area contributed by atoms with E-state index in [-0.39, 0.29) is 11.7 Å². The van der Waals surface area contributed by atoms with Gasteiger partial charge in [0.05, 0.1) is 0 Å². The molecule has 0 radical (unpaired) electrons. The minimum absolute atomic E-state index is 0.155. The Morgan fingerprint density at radius 1 is 1.05 bits per heavy atom. The average molecular weight is 286 g/mol. The highest BCUT2D eigenvalue weighted by Gasteiger charge is 2.14. The summed E-state index contributed by atoms with van der Waals surface area (Å²) in [6, 6.07) is 6.60. The third-order valence-corrected chi connectivity index (χ3v) is 3.93. The zero-order valence-corrected chi connectivity index (χ0v) is 12.1. The molecule has 1 atom stereocenters. The first-order chi connectivity index (χ1) is 10.2. The molecule has 110 valence electrons. The summed E-state index contributed by atoms with van der Waals surface area (Å²) in [5.41, 5.74) is 2.11. The van der Waals surface area contributed by atoms with Gasteiger partial charge in [0.15, 0.2) is 0 Å². The Bertz CT molecular complexity index is 576. The lowest BCUT2D eigenvalue weighted by Crippen LogP contribution is -2.44. The van der Waals surface area contributed by atoms with Crippen LogP contribution in [-0.4, -0.2) is 36.1 Å². The van der Waals surface area contributed by atoms with E-state index >= 15 is 0 Å². The largest absolute Gasteiger partial charge is 0.338 e. The van der Waals surface area contributed by atoms with Gasteiger partial charge in [-0.1, -0.05) is 19.1 Å². The van der Waals surface area contributed by atoms with E-state index in [9.17, 15) is 4.39 Å². The molecule has 1 aliphatic heterocycles. The van der Waals surface area contributed by atoms with Crippen molar-refractivity contribution >= 4 is 5.95 Å². The van der Waals surface area contributed by atoms with E-state index in [1.54, 1.807) is 0 Å². The highest BCUT2D eigenvalue weighted by Crippen LogP contribution is 2.23. The number of nitrogens with one attached hydrogen (secondary N) is 1. The minimum Gasteiger partial charge on any atom is -0.338 e. The predicted molar refractivity (Wildman–Crippen MR) is 81.0 cm³/mol. The van der Waals surface area contributed by atoms with E-state index < -0.39 is 0 Å². The molecule has 5 heteroatoms. The molecule has 0 saturated carbocycles. The van der Waals surface area contributed by atoms with Crippen LogP contribution in [0.5, 0.6) is 0 Å². The zero-order chi connectivity index (χ0) is 14.7. The molecule has 1 unspecified atom stereocenters. The van der Waals surface area contributed by atoms with Gasteiger partial charge < -0.3 is 10.2 Å². The van der Waals surface area contributed by atoms with Crippen LogP contribution in [0.3, 0.4) is 0 Å². The SMILES string of the molecule is CC(c1ccc(F)cc1)c1cnc(N2CCNCC2)nc1. The van der Waals surface area contributed by atoms with Crippen LogP contribution in [0.25, 0.3) is 0 Å². The Kier molecular flexibility index (Phi) is 4.10. The van der Waals surface area contributed by atoms with Crippen molar-refractivity contribution in [3.8, 4) is 0 Å². The van der Waals surface area contributed by atoms with Crippen molar-refractivity contribution in [1.29, 1.82) is 0 Å². The fourth-order valence-corrected chi connectivity index (χ4v) is 2.53. The summed E-state index contributed by atoms with van der Waals surface area (Å²) in [5.74, 6) is 0.727. The molecule has 1 saturated heterocycles. The standard InChI is InChI=1S/C16H19FN4/c1-12(13-2-4-15(17)5-3-13)14-10-19-16(20-11-14)21-8-6-18-7-9-21/h2-5,10-12,18H,6-9H2,1H3. The number of anilines is 1. The second kappa shape index (κ2) is 6.18. The van der Waals surface area contributed by atoms with Gasteiger partial charge in [-0.15, -0.1) is 0 Å². The summed E-state index contributed by atoms with van der Waals surface area (Å²) >= 11 is 0. The van der Waals surface area contributed by atoms with Crippen molar-refractivity contribution in [3.63, 3.8) is 0 Å². The van der Waals surface area contributed by atoms with E-state index in [0.29, 0.717) is 0 Å². The van der Waals surface area contributed by atoms with Gasteiger partial charge in [0.25, 0.3) is 0 Å². The van der Waals surface area contributed by atoms with Gasteiger partial charge in [-0.2, -0.15) is 0 Å². The van der Waals surface area contributed by atoms with Crippen LogP contribution < -0.4 is 10.2 Å². The maximum Gasteiger partial charge on any atom is 0.225 e. The first-order valence-corrected chi connectivity index (χ1v) is 7.27. The maximum atomic E-state index is 13.0. The second-order valence-electron chi connectivity index (χ2n) is 5.33. The Balaban J connectivity index is 1.75. The molecule has 3 rings (SSSR count). The van der Waals surface area contributed by atoms with Crippen LogP contribution in [0, 0.1) is 5.82 Å². The first-order valence-electron chi connectivity index (χ1n) is 7.27. The Hall–Kier alpha value is -2.01. The van der Waals surface area contributed by atoms with Crippen molar-refractivity contribution in [2.24, 2.45) is 0 Å². The van der Waals surface area contributed by atoms with Gasteiger partial charge in [0.1, 0.15) is 5.82 Å². The number of hydrogen-bond acceptors (Lipinski definition) is 4. The third kappa shape index (κ3) is 3.19. The average Bonchev–Trinajstić information content (AvgIpc) is 2.56. The van der Waals surface area contributed by atoms with Crippen molar-refractivity contribution in [2.45, 2.75) is 12.8 Å². The number of aromatic nitrogens is 2. The monoisotopic (exact) mass is 286 g/mol. The molecular weight excluding hydrogens is 267 g/mol. The molecule has 0 amide bonds. The summed E-state index contributed by atoms with van der Waals surface area (Å²) in [4.78, 5) is 11.1.